The van der Waals surface area contributed by atoms with E-state index in [-0.39, 0.29) is 11.9 Å². The van der Waals surface area contributed by atoms with Gasteiger partial charge in [-0.15, -0.1) is 0 Å². The van der Waals surface area contributed by atoms with Gasteiger partial charge < -0.3 is 19.1 Å². The Bertz CT molecular complexity index is 1010. The molecule has 0 unspecified atom stereocenters. The van der Waals surface area contributed by atoms with E-state index in [1.807, 2.05) is 80.3 Å². The molecule has 1 fully saturated rings. The molecule has 6 nitrogen and oxygen atoms in total. The maximum atomic E-state index is 13.4. The second-order valence-electron chi connectivity index (χ2n) is 8.17. The predicted molar refractivity (Wildman–Crippen MR) is 121 cm³/mol. The number of carbonyl (C=O) groups excluding carboxylic acids is 1. The largest absolute Gasteiger partial charge is 0.378 e. The third-order valence-electron chi connectivity index (χ3n) is 5.62. The van der Waals surface area contributed by atoms with Gasteiger partial charge in [0.25, 0.3) is 5.91 Å². The Kier molecular flexibility index (Phi) is 6.37. The third kappa shape index (κ3) is 4.64. The van der Waals surface area contributed by atoms with Gasteiger partial charge in [-0.05, 0) is 32.9 Å². The summed E-state index contributed by atoms with van der Waals surface area (Å²) in [6, 6.07) is 17.7. The van der Waals surface area contributed by atoms with E-state index in [9.17, 15) is 4.79 Å². The van der Waals surface area contributed by atoms with Crippen LogP contribution in [-0.2, 0) is 11.3 Å². The summed E-state index contributed by atoms with van der Waals surface area (Å²) in [5.74, 6) is 0.729. The minimum atomic E-state index is 0.00291. The topological polar surface area (TPSA) is 58.8 Å². The molecule has 1 amide bonds. The molecule has 2 heterocycles. The number of aromatic nitrogens is 1. The van der Waals surface area contributed by atoms with Crippen LogP contribution in [0.3, 0.4) is 0 Å². The van der Waals surface area contributed by atoms with Gasteiger partial charge in [0.15, 0.2) is 0 Å². The fourth-order valence-corrected chi connectivity index (χ4v) is 3.80. The number of anilines is 1. The lowest BCUT2D eigenvalue weighted by molar-refractivity contribution is 0.0690. The van der Waals surface area contributed by atoms with Crippen LogP contribution in [0.25, 0.3) is 11.3 Å². The molecular weight excluding hydrogens is 390 g/mol. The zero-order valence-corrected chi connectivity index (χ0v) is 18.4. The zero-order valence-electron chi connectivity index (χ0n) is 18.4. The molecule has 1 aromatic heterocycles. The number of hydrogen-bond donors (Lipinski definition) is 0. The highest BCUT2D eigenvalue weighted by Gasteiger charge is 2.28. The van der Waals surface area contributed by atoms with Gasteiger partial charge in [-0.3, -0.25) is 4.79 Å². The van der Waals surface area contributed by atoms with Gasteiger partial charge in [0.2, 0.25) is 5.88 Å². The highest BCUT2D eigenvalue weighted by Crippen LogP contribution is 2.33. The molecule has 1 aliphatic rings. The molecule has 0 atom stereocenters. The second-order valence-corrected chi connectivity index (χ2v) is 8.17. The van der Waals surface area contributed by atoms with Crippen molar-refractivity contribution in [3.05, 3.63) is 71.3 Å². The Morgan fingerprint density at radius 1 is 1.06 bits per heavy atom. The minimum Gasteiger partial charge on any atom is -0.378 e. The summed E-state index contributed by atoms with van der Waals surface area (Å²) in [4.78, 5) is 17.4. The highest BCUT2D eigenvalue weighted by molar-refractivity contribution is 5.94. The quantitative estimate of drug-likeness (QED) is 0.587. The molecule has 0 aliphatic carbocycles. The average molecular weight is 420 g/mol. The Labute approximate surface area is 183 Å². The first-order valence-corrected chi connectivity index (χ1v) is 10.8. The van der Waals surface area contributed by atoms with Crippen LogP contribution in [0.2, 0.25) is 0 Å². The van der Waals surface area contributed by atoms with Crippen LogP contribution in [0.5, 0.6) is 0 Å². The third-order valence-corrected chi connectivity index (χ3v) is 5.62. The van der Waals surface area contributed by atoms with Crippen LogP contribution < -0.4 is 4.90 Å². The summed E-state index contributed by atoms with van der Waals surface area (Å²) in [6.45, 7) is 9.30. The molecule has 0 radical (unpaired) electrons. The first-order chi connectivity index (χ1) is 15.0. The van der Waals surface area contributed by atoms with E-state index in [0.29, 0.717) is 25.3 Å². The van der Waals surface area contributed by atoms with Gasteiger partial charge in [0.1, 0.15) is 5.69 Å². The normalized spacial score (nSPS) is 14.1. The van der Waals surface area contributed by atoms with Crippen molar-refractivity contribution in [2.75, 3.05) is 31.2 Å². The average Bonchev–Trinajstić information content (AvgIpc) is 3.22. The number of benzene rings is 2. The summed E-state index contributed by atoms with van der Waals surface area (Å²) in [5, 5.41) is 4.42. The number of nitrogens with zero attached hydrogens (tertiary/aromatic N) is 3. The maximum absolute atomic E-state index is 13.4. The van der Waals surface area contributed by atoms with E-state index in [4.69, 9.17) is 9.26 Å². The van der Waals surface area contributed by atoms with Crippen molar-refractivity contribution in [3.63, 3.8) is 0 Å². The number of aryl methyl sites for hydroxylation is 1. The van der Waals surface area contributed by atoms with E-state index in [1.165, 1.54) is 0 Å². The van der Waals surface area contributed by atoms with Gasteiger partial charge in [-0.1, -0.05) is 53.2 Å². The molecule has 4 rings (SSSR count). The van der Waals surface area contributed by atoms with Gasteiger partial charge in [-0.25, -0.2) is 0 Å². The van der Waals surface area contributed by atoms with Crippen molar-refractivity contribution >= 4 is 11.8 Å². The molecule has 0 N–H and O–H groups in total. The summed E-state index contributed by atoms with van der Waals surface area (Å²) >= 11 is 0. The number of rotatable bonds is 6. The molecule has 31 heavy (non-hydrogen) atoms. The molecule has 0 saturated carbocycles. The molecule has 162 valence electrons. The molecule has 6 heteroatoms. The molecule has 1 saturated heterocycles. The number of amides is 1. The smallest absolute Gasteiger partial charge is 0.254 e. The first kappa shape index (κ1) is 21.1. The molecule has 2 aromatic carbocycles. The van der Waals surface area contributed by atoms with E-state index < -0.39 is 0 Å². The first-order valence-electron chi connectivity index (χ1n) is 10.8. The van der Waals surface area contributed by atoms with Crippen molar-refractivity contribution in [1.29, 1.82) is 0 Å². The summed E-state index contributed by atoms with van der Waals surface area (Å²) in [7, 11) is 0. The van der Waals surface area contributed by atoms with E-state index in [1.54, 1.807) is 0 Å². The van der Waals surface area contributed by atoms with Crippen molar-refractivity contribution < 1.29 is 14.1 Å². The lowest BCUT2D eigenvalue weighted by Gasteiger charge is -2.30. The van der Waals surface area contributed by atoms with Crippen molar-refractivity contribution in [2.24, 2.45) is 0 Å². The summed E-state index contributed by atoms with van der Waals surface area (Å²) in [6.07, 6.45) is 0. The van der Waals surface area contributed by atoms with Gasteiger partial charge in [-0.2, -0.15) is 0 Å². The van der Waals surface area contributed by atoms with Crippen LogP contribution in [0.4, 0.5) is 5.88 Å². The highest BCUT2D eigenvalue weighted by atomic mass is 16.5. The van der Waals surface area contributed by atoms with Gasteiger partial charge in [0.05, 0.1) is 25.3 Å². The van der Waals surface area contributed by atoms with Gasteiger partial charge in [0, 0.05) is 30.3 Å². The van der Waals surface area contributed by atoms with E-state index >= 15 is 0 Å². The van der Waals surface area contributed by atoms with Gasteiger partial charge >= 0.3 is 0 Å². The Morgan fingerprint density at radius 3 is 2.39 bits per heavy atom. The van der Waals surface area contributed by atoms with E-state index in [0.717, 1.165) is 41.4 Å². The molecule has 0 spiro atoms. The molecular formula is C25H29N3O3. The molecule has 1 aliphatic heterocycles. The second kappa shape index (κ2) is 9.35. The Balaban J connectivity index is 1.72. The lowest BCUT2D eigenvalue weighted by Crippen LogP contribution is -2.39. The predicted octanol–water partition coefficient (Wildman–Crippen LogP) is 4.54. The van der Waals surface area contributed by atoms with E-state index in [2.05, 4.69) is 10.1 Å². The summed E-state index contributed by atoms with van der Waals surface area (Å²) < 4.78 is 11.4. The monoisotopic (exact) mass is 419 g/mol. The standard InChI is InChI=1S/C25H29N3O3/c1-18(2)28(24(29)21-11-9-19(3)10-12-21)17-22-23(20-7-5-4-6-8-20)26-31-25(22)27-13-15-30-16-14-27/h4-12,18H,13-17H2,1-3H3. The fraction of sp³-hybridized carbons (Fsp3) is 0.360. The Morgan fingerprint density at radius 2 is 1.74 bits per heavy atom. The fourth-order valence-electron chi connectivity index (χ4n) is 3.80. The van der Waals surface area contributed by atoms with Crippen LogP contribution in [0, 0.1) is 6.92 Å². The maximum Gasteiger partial charge on any atom is 0.254 e. The number of ether oxygens (including phenoxy) is 1. The van der Waals surface area contributed by atoms with Crippen molar-refractivity contribution in [3.8, 4) is 11.3 Å². The molecule has 3 aromatic rings. The lowest BCUT2D eigenvalue weighted by atomic mass is 10.0. The zero-order chi connectivity index (χ0) is 21.8. The molecule has 0 bridgehead atoms. The SMILES string of the molecule is Cc1ccc(C(=O)N(Cc2c(-c3ccccc3)noc2N2CCOCC2)C(C)C)cc1. The van der Waals surface area contributed by atoms with Crippen LogP contribution in [0.1, 0.15) is 35.3 Å². The number of hydrogen-bond acceptors (Lipinski definition) is 5. The summed E-state index contributed by atoms with van der Waals surface area (Å²) in [5.41, 5.74) is 4.51. The van der Waals surface area contributed by atoms with Crippen LogP contribution >= 0.6 is 0 Å². The van der Waals surface area contributed by atoms with Crippen LogP contribution in [0.15, 0.2) is 59.1 Å². The number of carbonyl (C=O) groups is 1. The van der Waals surface area contributed by atoms with Crippen LogP contribution in [-0.4, -0.2) is 48.3 Å². The Hall–Kier alpha value is -3.12. The van der Waals surface area contributed by atoms with Crippen molar-refractivity contribution in [1.82, 2.24) is 10.1 Å². The minimum absolute atomic E-state index is 0.00291. The number of morpholine rings is 1. The van der Waals surface area contributed by atoms with Crippen molar-refractivity contribution in [2.45, 2.75) is 33.4 Å².